The van der Waals surface area contributed by atoms with Crippen molar-refractivity contribution in [1.29, 1.82) is 0 Å². The van der Waals surface area contributed by atoms with Crippen molar-refractivity contribution in [2.75, 3.05) is 0 Å². The first-order chi connectivity index (χ1) is 8.07. The topological polar surface area (TPSA) is 20.2 Å². The minimum atomic E-state index is -0.0200. The van der Waals surface area contributed by atoms with Crippen LogP contribution in [0.25, 0.3) is 0 Å². The quantitative estimate of drug-likeness (QED) is 0.786. The zero-order chi connectivity index (χ0) is 14.1. The molecule has 18 heavy (non-hydrogen) atoms. The van der Waals surface area contributed by atoms with Gasteiger partial charge in [-0.3, -0.25) is 0 Å². The van der Waals surface area contributed by atoms with Crippen LogP contribution in [0.2, 0.25) is 0 Å². The van der Waals surface area contributed by atoms with Gasteiger partial charge in [-0.2, -0.15) is 0 Å². The van der Waals surface area contributed by atoms with Crippen molar-refractivity contribution in [3.8, 4) is 5.75 Å². The molecule has 0 atom stereocenters. The standard InChI is InChI=1S/C17H28O/c1-8-9-12-10-13(16(2,3)4)15(18)14(11-12)17(5,6)7/h10-11,18H,8-9H2,1-7H3. The zero-order valence-electron chi connectivity index (χ0n) is 13.0. The highest BCUT2D eigenvalue weighted by atomic mass is 16.3. The number of phenolic OH excluding ortho intramolecular Hbond substituents is 1. The van der Waals surface area contributed by atoms with Gasteiger partial charge in [-0.1, -0.05) is 67.0 Å². The summed E-state index contributed by atoms with van der Waals surface area (Å²) in [6.45, 7) is 15.1. The van der Waals surface area contributed by atoms with Crippen molar-refractivity contribution in [1.82, 2.24) is 0 Å². The van der Waals surface area contributed by atoms with Crippen LogP contribution in [0.4, 0.5) is 0 Å². The first-order valence-corrected chi connectivity index (χ1v) is 6.94. The monoisotopic (exact) mass is 248 g/mol. The fourth-order valence-electron chi connectivity index (χ4n) is 2.27. The maximum absolute atomic E-state index is 10.6. The van der Waals surface area contributed by atoms with E-state index < -0.39 is 0 Å². The molecule has 0 aromatic heterocycles. The zero-order valence-corrected chi connectivity index (χ0v) is 13.0. The molecule has 0 aliphatic heterocycles. The number of rotatable bonds is 2. The Morgan fingerprint density at radius 2 is 1.28 bits per heavy atom. The van der Waals surface area contributed by atoms with Crippen LogP contribution in [0.3, 0.4) is 0 Å². The third kappa shape index (κ3) is 3.28. The van der Waals surface area contributed by atoms with Crippen LogP contribution in [0.5, 0.6) is 5.75 Å². The largest absolute Gasteiger partial charge is 0.507 e. The Morgan fingerprint density at radius 1 is 0.889 bits per heavy atom. The molecule has 1 nitrogen and oxygen atoms in total. The molecule has 1 heteroatoms. The van der Waals surface area contributed by atoms with E-state index in [1.165, 1.54) is 5.56 Å². The summed E-state index contributed by atoms with van der Waals surface area (Å²) in [6.07, 6.45) is 2.21. The lowest BCUT2D eigenvalue weighted by Crippen LogP contribution is -2.17. The summed E-state index contributed by atoms with van der Waals surface area (Å²) in [6, 6.07) is 4.35. The van der Waals surface area contributed by atoms with E-state index >= 15 is 0 Å². The summed E-state index contributed by atoms with van der Waals surface area (Å²) >= 11 is 0. The molecule has 0 amide bonds. The van der Waals surface area contributed by atoms with Gasteiger partial charge in [-0.05, 0) is 33.9 Å². The van der Waals surface area contributed by atoms with E-state index in [1.807, 2.05) is 0 Å². The van der Waals surface area contributed by atoms with E-state index in [0.29, 0.717) is 5.75 Å². The average molecular weight is 248 g/mol. The molecule has 1 N–H and O–H groups in total. The van der Waals surface area contributed by atoms with E-state index in [2.05, 4.69) is 60.6 Å². The summed E-state index contributed by atoms with van der Waals surface area (Å²) < 4.78 is 0. The molecule has 0 unspecified atom stereocenters. The third-order valence-corrected chi connectivity index (χ3v) is 3.32. The molecule has 0 aliphatic rings. The van der Waals surface area contributed by atoms with Crippen molar-refractivity contribution in [3.63, 3.8) is 0 Å². The van der Waals surface area contributed by atoms with Gasteiger partial charge in [0.15, 0.2) is 0 Å². The fourth-order valence-corrected chi connectivity index (χ4v) is 2.27. The molecule has 102 valence electrons. The van der Waals surface area contributed by atoms with E-state index in [9.17, 15) is 5.11 Å². The predicted octanol–water partition coefficient (Wildman–Crippen LogP) is 4.94. The maximum atomic E-state index is 10.6. The summed E-state index contributed by atoms with van der Waals surface area (Å²) in [5.41, 5.74) is 3.43. The second-order valence-electron chi connectivity index (χ2n) is 7.29. The van der Waals surface area contributed by atoms with E-state index in [0.717, 1.165) is 24.0 Å². The van der Waals surface area contributed by atoms with Crippen LogP contribution >= 0.6 is 0 Å². The lowest BCUT2D eigenvalue weighted by Gasteiger charge is -2.28. The van der Waals surface area contributed by atoms with E-state index in [-0.39, 0.29) is 10.8 Å². The van der Waals surface area contributed by atoms with Crippen molar-refractivity contribution in [2.24, 2.45) is 0 Å². The van der Waals surface area contributed by atoms with E-state index in [4.69, 9.17) is 0 Å². The first-order valence-electron chi connectivity index (χ1n) is 6.94. The van der Waals surface area contributed by atoms with Crippen LogP contribution in [0.15, 0.2) is 12.1 Å². The van der Waals surface area contributed by atoms with Gasteiger partial charge in [-0.25, -0.2) is 0 Å². The van der Waals surface area contributed by atoms with Gasteiger partial charge in [0.25, 0.3) is 0 Å². The van der Waals surface area contributed by atoms with Crippen LogP contribution in [0.1, 0.15) is 71.6 Å². The molecule has 0 bridgehead atoms. The molecule has 1 aromatic rings. The van der Waals surface area contributed by atoms with Crippen LogP contribution in [0, 0.1) is 0 Å². The summed E-state index contributed by atoms with van der Waals surface area (Å²) in [5.74, 6) is 0.481. The maximum Gasteiger partial charge on any atom is 0.123 e. The molecule has 0 aliphatic carbocycles. The minimum Gasteiger partial charge on any atom is -0.507 e. The second-order valence-corrected chi connectivity index (χ2v) is 7.29. The highest BCUT2D eigenvalue weighted by Gasteiger charge is 2.26. The van der Waals surface area contributed by atoms with Gasteiger partial charge in [-0.15, -0.1) is 0 Å². The molecule has 0 spiro atoms. The lowest BCUT2D eigenvalue weighted by atomic mass is 9.78. The normalized spacial score (nSPS) is 12.8. The predicted molar refractivity (Wildman–Crippen MR) is 79.5 cm³/mol. The molecule has 0 saturated carbocycles. The summed E-state index contributed by atoms with van der Waals surface area (Å²) in [4.78, 5) is 0. The highest BCUT2D eigenvalue weighted by Crippen LogP contribution is 2.39. The Bertz CT molecular complexity index is 381. The van der Waals surface area contributed by atoms with E-state index in [1.54, 1.807) is 0 Å². The van der Waals surface area contributed by atoms with Crippen LogP contribution in [-0.2, 0) is 17.3 Å². The Labute approximate surface area is 112 Å². The highest BCUT2D eigenvalue weighted by molar-refractivity contribution is 5.49. The minimum absolute atomic E-state index is 0.0200. The Balaban J connectivity index is 3.48. The number of hydrogen-bond acceptors (Lipinski definition) is 1. The Morgan fingerprint density at radius 3 is 1.56 bits per heavy atom. The van der Waals surface area contributed by atoms with Gasteiger partial charge >= 0.3 is 0 Å². The Kier molecular flexibility index (Phi) is 4.15. The van der Waals surface area contributed by atoms with Crippen molar-refractivity contribution in [3.05, 3.63) is 28.8 Å². The number of aryl methyl sites for hydroxylation is 1. The lowest BCUT2D eigenvalue weighted by molar-refractivity contribution is 0.422. The number of aromatic hydroxyl groups is 1. The van der Waals surface area contributed by atoms with Crippen molar-refractivity contribution in [2.45, 2.75) is 72.1 Å². The first kappa shape index (κ1) is 15.1. The van der Waals surface area contributed by atoms with Crippen LogP contribution in [-0.4, -0.2) is 5.11 Å². The van der Waals surface area contributed by atoms with Crippen molar-refractivity contribution >= 4 is 0 Å². The number of hydrogen-bond donors (Lipinski definition) is 1. The van der Waals surface area contributed by atoms with Gasteiger partial charge < -0.3 is 5.11 Å². The van der Waals surface area contributed by atoms with Gasteiger partial charge in [0.2, 0.25) is 0 Å². The van der Waals surface area contributed by atoms with Crippen LogP contribution < -0.4 is 0 Å². The smallest absolute Gasteiger partial charge is 0.123 e. The van der Waals surface area contributed by atoms with Gasteiger partial charge in [0.05, 0.1) is 0 Å². The summed E-state index contributed by atoms with van der Waals surface area (Å²) in [7, 11) is 0. The summed E-state index contributed by atoms with van der Waals surface area (Å²) in [5, 5.41) is 10.6. The van der Waals surface area contributed by atoms with Crippen molar-refractivity contribution < 1.29 is 5.11 Å². The Hall–Kier alpha value is -0.980. The fraction of sp³-hybridized carbons (Fsp3) is 0.647. The number of benzene rings is 1. The molecule has 0 heterocycles. The number of phenols is 1. The van der Waals surface area contributed by atoms with Gasteiger partial charge in [0.1, 0.15) is 5.75 Å². The SMILES string of the molecule is CCCc1cc(C(C)(C)C)c(O)c(C(C)(C)C)c1. The molecule has 0 radical (unpaired) electrons. The molecule has 0 fully saturated rings. The average Bonchev–Trinajstić information content (AvgIpc) is 2.17. The molecule has 1 rings (SSSR count). The molecule has 0 saturated heterocycles. The molecular weight excluding hydrogens is 220 g/mol. The molecular formula is C17H28O. The third-order valence-electron chi connectivity index (χ3n) is 3.32. The molecule has 1 aromatic carbocycles. The van der Waals surface area contributed by atoms with Gasteiger partial charge in [0, 0.05) is 0 Å². The second kappa shape index (κ2) is 4.95.